The van der Waals surface area contributed by atoms with Crippen LogP contribution in [-0.4, -0.2) is 51.2 Å². The van der Waals surface area contributed by atoms with Crippen LogP contribution in [0.1, 0.15) is 33.2 Å². The molecule has 8 nitrogen and oxygen atoms in total. The van der Waals surface area contributed by atoms with Crippen LogP contribution >= 0.6 is 11.8 Å². The lowest BCUT2D eigenvalue weighted by atomic mass is 10.1. The number of rotatable bonds is 8. The van der Waals surface area contributed by atoms with E-state index in [2.05, 4.69) is 15.6 Å². The third-order valence-corrected chi connectivity index (χ3v) is 8.47. The highest BCUT2D eigenvalue weighted by Crippen LogP contribution is 2.40. The maximum atomic E-state index is 13.5. The van der Waals surface area contributed by atoms with E-state index in [0.717, 1.165) is 33.8 Å². The zero-order valence-electron chi connectivity index (χ0n) is 25.1. The summed E-state index contributed by atoms with van der Waals surface area (Å²) in [6.07, 6.45) is 1.89. The first-order valence-electron chi connectivity index (χ1n) is 14.6. The van der Waals surface area contributed by atoms with E-state index in [-0.39, 0.29) is 17.4 Å². The number of aromatic carboxylic acids is 1. The standard InChI is InChI=1S/C37H29N3O5S/c1-3-45-36(44)27-16-20-30(21-17-27)40-31(24-10-6-4-7-11-24)22-28(33(40)25-12-8-5-9-13-25)23-32-34(41)39(2)37(46-32)38-29-18-14-26(15-19-29)35(42)43/h4-23H,3H2,1-2H3,(H,42,43)/b32-23-,38-37?. The van der Waals surface area contributed by atoms with Gasteiger partial charge in [0.05, 0.1) is 39.7 Å². The molecule has 1 N–H and O–H groups in total. The lowest BCUT2D eigenvalue weighted by molar-refractivity contribution is -0.121. The van der Waals surface area contributed by atoms with Crippen molar-refractivity contribution in [1.29, 1.82) is 0 Å². The fourth-order valence-corrected chi connectivity index (χ4v) is 6.14. The molecule has 5 aromatic rings. The molecule has 1 aromatic heterocycles. The molecular weight excluding hydrogens is 598 g/mol. The highest BCUT2D eigenvalue weighted by Gasteiger charge is 2.31. The molecule has 1 amide bonds. The van der Waals surface area contributed by atoms with Crippen molar-refractivity contribution in [1.82, 2.24) is 9.47 Å². The molecule has 0 spiro atoms. The molecule has 6 rings (SSSR count). The van der Waals surface area contributed by atoms with Crippen LogP contribution < -0.4 is 0 Å². The number of amides is 1. The zero-order chi connectivity index (χ0) is 32.2. The zero-order valence-corrected chi connectivity index (χ0v) is 25.9. The van der Waals surface area contributed by atoms with Crippen LogP contribution in [0.15, 0.2) is 125 Å². The number of likely N-dealkylation sites (N-methyl/N-ethyl adjacent to an activating group) is 1. The third kappa shape index (κ3) is 6.13. The van der Waals surface area contributed by atoms with Gasteiger partial charge < -0.3 is 14.4 Å². The Morgan fingerprint density at radius 2 is 1.46 bits per heavy atom. The largest absolute Gasteiger partial charge is 0.478 e. The van der Waals surface area contributed by atoms with Crippen molar-refractivity contribution >= 4 is 46.5 Å². The number of esters is 1. The van der Waals surface area contributed by atoms with Crippen molar-refractivity contribution in [3.8, 4) is 28.2 Å². The van der Waals surface area contributed by atoms with Crippen molar-refractivity contribution in [2.75, 3.05) is 13.7 Å². The number of carbonyl (C=O) groups excluding carboxylic acids is 2. The van der Waals surface area contributed by atoms with Gasteiger partial charge in [-0.25, -0.2) is 14.6 Å². The van der Waals surface area contributed by atoms with Gasteiger partial charge in [0, 0.05) is 18.3 Å². The Hall–Kier alpha value is -5.67. The molecule has 0 saturated carbocycles. The minimum Gasteiger partial charge on any atom is -0.478 e. The molecule has 0 bridgehead atoms. The fourth-order valence-electron chi connectivity index (χ4n) is 5.16. The Labute approximate surface area is 270 Å². The van der Waals surface area contributed by atoms with E-state index in [0.29, 0.717) is 27.9 Å². The average molecular weight is 628 g/mol. The molecule has 1 saturated heterocycles. The number of hydrogen-bond acceptors (Lipinski definition) is 6. The first-order chi connectivity index (χ1) is 22.3. The van der Waals surface area contributed by atoms with Gasteiger partial charge in [-0.2, -0.15) is 0 Å². The van der Waals surface area contributed by atoms with Crippen LogP contribution in [0.2, 0.25) is 0 Å². The Balaban J connectivity index is 1.49. The van der Waals surface area contributed by atoms with E-state index in [1.54, 1.807) is 38.2 Å². The van der Waals surface area contributed by atoms with Gasteiger partial charge in [0.1, 0.15) is 0 Å². The lowest BCUT2D eigenvalue weighted by Crippen LogP contribution is -2.23. The topological polar surface area (TPSA) is 101 Å². The SMILES string of the molecule is CCOC(=O)c1ccc(-n2c(-c3ccccc3)cc(/C=C3\SC(=Nc4ccc(C(=O)O)cc4)N(C)C3=O)c2-c2ccccc2)cc1. The number of aromatic nitrogens is 1. The maximum absolute atomic E-state index is 13.5. The number of carboxylic acid groups (broad SMARTS) is 1. The summed E-state index contributed by atoms with van der Waals surface area (Å²) in [4.78, 5) is 43.8. The van der Waals surface area contributed by atoms with Gasteiger partial charge >= 0.3 is 11.9 Å². The summed E-state index contributed by atoms with van der Waals surface area (Å²) in [5.41, 5.74) is 6.55. The van der Waals surface area contributed by atoms with Crippen LogP contribution in [0.5, 0.6) is 0 Å². The monoisotopic (exact) mass is 627 g/mol. The molecule has 1 fully saturated rings. The summed E-state index contributed by atoms with van der Waals surface area (Å²) in [5, 5.41) is 9.70. The summed E-state index contributed by atoms with van der Waals surface area (Å²) in [7, 11) is 1.67. The van der Waals surface area contributed by atoms with Gasteiger partial charge in [0.25, 0.3) is 5.91 Å². The predicted molar refractivity (Wildman–Crippen MR) is 181 cm³/mol. The van der Waals surface area contributed by atoms with Gasteiger partial charge in [-0.3, -0.25) is 9.69 Å². The number of thioether (sulfide) groups is 1. The number of nitrogens with zero attached hydrogens (tertiary/aromatic N) is 3. The highest BCUT2D eigenvalue weighted by molar-refractivity contribution is 8.18. The minimum absolute atomic E-state index is 0.163. The second-order valence-corrected chi connectivity index (χ2v) is 11.4. The van der Waals surface area contributed by atoms with Crippen molar-refractivity contribution < 1.29 is 24.2 Å². The van der Waals surface area contributed by atoms with Gasteiger partial charge in [-0.05, 0) is 90.5 Å². The van der Waals surface area contributed by atoms with Gasteiger partial charge in [0.2, 0.25) is 0 Å². The lowest BCUT2D eigenvalue weighted by Gasteiger charge is -2.15. The number of benzene rings is 4. The van der Waals surface area contributed by atoms with Crippen LogP contribution in [0.3, 0.4) is 0 Å². The average Bonchev–Trinajstić information content (AvgIpc) is 3.59. The number of carboxylic acids is 1. The molecule has 1 aliphatic heterocycles. The van der Waals surface area contributed by atoms with E-state index in [4.69, 9.17) is 4.74 Å². The van der Waals surface area contributed by atoms with E-state index in [1.165, 1.54) is 28.8 Å². The molecule has 0 radical (unpaired) electrons. The minimum atomic E-state index is -1.02. The summed E-state index contributed by atoms with van der Waals surface area (Å²) in [6.45, 7) is 2.07. The molecule has 4 aromatic carbocycles. The Kier molecular flexibility index (Phi) is 8.67. The number of hydrogen-bond donors (Lipinski definition) is 1. The number of aliphatic imine (C=N–C) groups is 1. The molecule has 0 atom stereocenters. The highest BCUT2D eigenvalue weighted by atomic mass is 32.2. The number of amidine groups is 1. The van der Waals surface area contributed by atoms with Crippen LogP contribution in [0, 0.1) is 0 Å². The third-order valence-electron chi connectivity index (χ3n) is 7.41. The molecule has 1 aliphatic rings. The van der Waals surface area contributed by atoms with Gasteiger partial charge in [-0.15, -0.1) is 0 Å². The molecule has 9 heteroatoms. The van der Waals surface area contributed by atoms with Crippen LogP contribution in [0.4, 0.5) is 5.69 Å². The second-order valence-electron chi connectivity index (χ2n) is 10.4. The van der Waals surface area contributed by atoms with Gasteiger partial charge in [-0.1, -0.05) is 60.7 Å². The van der Waals surface area contributed by atoms with E-state index in [1.807, 2.05) is 78.9 Å². The maximum Gasteiger partial charge on any atom is 0.338 e. The first-order valence-corrected chi connectivity index (χ1v) is 15.4. The molecule has 2 heterocycles. The first kappa shape index (κ1) is 30.4. The Bertz CT molecular complexity index is 1980. The molecule has 0 aliphatic carbocycles. The van der Waals surface area contributed by atoms with Crippen molar-refractivity contribution in [2.24, 2.45) is 4.99 Å². The summed E-state index contributed by atoms with van der Waals surface area (Å²) >= 11 is 1.26. The Morgan fingerprint density at radius 1 is 0.848 bits per heavy atom. The van der Waals surface area contributed by atoms with Crippen molar-refractivity contribution in [3.63, 3.8) is 0 Å². The van der Waals surface area contributed by atoms with Crippen molar-refractivity contribution in [2.45, 2.75) is 6.92 Å². The van der Waals surface area contributed by atoms with Crippen LogP contribution in [0.25, 0.3) is 34.3 Å². The smallest absolute Gasteiger partial charge is 0.338 e. The predicted octanol–water partition coefficient (Wildman–Crippen LogP) is 7.92. The molecule has 0 unspecified atom stereocenters. The number of carbonyl (C=O) groups is 3. The van der Waals surface area contributed by atoms with Crippen molar-refractivity contribution in [3.05, 3.63) is 137 Å². The Morgan fingerprint density at radius 3 is 2.07 bits per heavy atom. The van der Waals surface area contributed by atoms with Crippen LogP contribution in [-0.2, 0) is 9.53 Å². The quantitative estimate of drug-likeness (QED) is 0.139. The van der Waals surface area contributed by atoms with E-state index in [9.17, 15) is 19.5 Å². The molecule has 228 valence electrons. The normalized spacial score (nSPS) is 14.7. The number of ether oxygens (including phenoxy) is 1. The summed E-state index contributed by atoms with van der Waals surface area (Å²) in [5.74, 6) is -1.59. The summed E-state index contributed by atoms with van der Waals surface area (Å²) < 4.78 is 7.33. The van der Waals surface area contributed by atoms with E-state index >= 15 is 0 Å². The second kappa shape index (κ2) is 13.1. The fraction of sp³-hybridized carbons (Fsp3) is 0.0811. The molecular formula is C37H29N3O5S. The molecule has 46 heavy (non-hydrogen) atoms. The van der Waals surface area contributed by atoms with Gasteiger partial charge in [0.15, 0.2) is 5.17 Å². The van der Waals surface area contributed by atoms with E-state index < -0.39 is 5.97 Å². The summed E-state index contributed by atoms with van der Waals surface area (Å²) in [6, 6.07) is 35.5.